The fraction of sp³-hybridized carbons (Fsp3) is 0.667. The van der Waals surface area contributed by atoms with Crippen molar-refractivity contribution in [3.8, 4) is 0 Å². The highest BCUT2D eigenvalue weighted by Gasteiger charge is 2.23. The summed E-state index contributed by atoms with van der Waals surface area (Å²) in [5.74, 6) is 0.278. The Morgan fingerprint density at radius 1 is 1.41 bits per heavy atom. The van der Waals surface area contributed by atoms with Crippen LogP contribution in [0.3, 0.4) is 0 Å². The number of nitrogens with zero attached hydrogens (tertiary/aromatic N) is 3. The van der Waals surface area contributed by atoms with E-state index >= 15 is 0 Å². The van der Waals surface area contributed by atoms with Crippen LogP contribution in [-0.2, 0) is 6.54 Å². The average molecular weight is 309 g/mol. The molecular formula is C15H23N3O4. The van der Waals surface area contributed by atoms with Crippen LogP contribution in [0.5, 0.6) is 0 Å². The molecule has 1 fully saturated rings. The molecule has 7 nitrogen and oxygen atoms in total. The molecule has 1 N–H and O–H groups in total. The second-order valence-electron chi connectivity index (χ2n) is 6.05. The highest BCUT2D eigenvalue weighted by atomic mass is 16.6. The summed E-state index contributed by atoms with van der Waals surface area (Å²) in [6.45, 7) is 1.80. The number of rotatable bonds is 6. The quantitative estimate of drug-likeness (QED) is 0.631. The summed E-state index contributed by atoms with van der Waals surface area (Å²) in [5, 5.41) is 20.7. The molecule has 2 unspecified atom stereocenters. The van der Waals surface area contributed by atoms with Crippen LogP contribution in [0.4, 0.5) is 5.69 Å². The van der Waals surface area contributed by atoms with Crippen molar-refractivity contribution < 1.29 is 10.0 Å². The van der Waals surface area contributed by atoms with Gasteiger partial charge in [-0.05, 0) is 25.8 Å². The molecule has 22 heavy (non-hydrogen) atoms. The number of pyridine rings is 1. The molecule has 1 aromatic heterocycles. The van der Waals surface area contributed by atoms with Gasteiger partial charge in [0.15, 0.2) is 0 Å². The number of aromatic nitrogens is 1. The summed E-state index contributed by atoms with van der Waals surface area (Å²) in [6, 6.07) is 2.45. The van der Waals surface area contributed by atoms with Gasteiger partial charge in [0.25, 0.3) is 11.2 Å². The zero-order valence-corrected chi connectivity index (χ0v) is 12.9. The molecule has 0 saturated heterocycles. The largest absolute Gasteiger partial charge is 0.393 e. The van der Waals surface area contributed by atoms with E-state index < -0.39 is 4.92 Å². The van der Waals surface area contributed by atoms with E-state index in [1.807, 2.05) is 7.05 Å². The predicted octanol–water partition coefficient (Wildman–Crippen LogP) is 1.24. The molecule has 1 aliphatic rings. The lowest BCUT2D eigenvalue weighted by atomic mass is 9.86. The van der Waals surface area contributed by atoms with Crippen molar-refractivity contribution in [1.82, 2.24) is 9.47 Å². The van der Waals surface area contributed by atoms with E-state index in [1.165, 1.54) is 22.9 Å². The van der Waals surface area contributed by atoms with Crippen molar-refractivity contribution in [3.05, 3.63) is 38.8 Å². The molecule has 0 radical (unpaired) electrons. The van der Waals surface area contributed by atoms with Gasteiger partial charge in [0.05, 0.1) is 17.2 Å². The van der Waals surface area contributed by atoms with Crippen LogP contribution in [0.2, 0.25) is 0 Å². The maximum atomic E-state index is 11.7. The monoisotopic (exact) mass is 309 g/mol. The summed E-state index contributed by atoms with van der Waals surface area (Å²) in [4.78, 5) is 24.1. The highest BCUT2D eigenvalue weighted by Crippen LogP contribution is 2.24. The van der Waals surface area contributed by atoms with E-state index in [9.17, 15) is 20.0 Å². The summed E-state index contributed by atoms with van der Waals surface area (Å²) >= 11 is 0. The Balaban J connectivity index is 1.90. The van der Waals surface area contributed by atoms with Crippen molar-refractivity contribution in [2.45, 2.75) is 38.3 Å². The lowest BCUT2D eigenvalue weighted by Gasteiger charge is -2.31. The van der Waals surface area contributed by atoms with Crippen molar-refractivity contribution in [1.29, 1.82) is 0 Å². The van der Waals surface area contributed by atoms with Crippen molar-refractivity contribution in [2.75, 3.05) is 20.1 Å². The number of hydrogen-bond acceptors (Lipinski definition) is 5. The summed E-state index contributed by atoms with van der Waals surface area (Å²) in [5.41, 5.74) is -0.318. The van der Waals surface area contributed by atoms with Gasteiger partial charge in [-0.3, -0.25) is 14.9 Å². The topological polar surface area (TPSA) is 88.6 Å². The molecule has 0 amide bonds. The molecule has 0 bridgehead atoms. The summed E-state index contributed by atoms with van der Waals surface area (Å²) in [7, 11) is 1.95. The Kier molecular flexibility index (Phi) is 5.68. The van der Waals surface area contributed by atoms with Crippen molar-refractivity contribution in [3.63, 3.8) is 0 Å². The van der Waals surface area contributed by atoms with Gasteiger partial charge in [-0.25, -0.2) is 0 Å². The minimum absolute atomic E-state index is 0.0787. The first-order valence-electron chi connectivity index (χ1n) is 7.69. The number of hydrogen-bond donors (Lipinski definition) is 1. The van der Waals surface area contributed by atoms with Gasteiger partial charge in [-0.2, -0.15) is 0 Å². The van der Waals surface area contributed by atoms with Crippen LogP contribution < -0.4 is 5.56 Å². The van der Waals surface area contributed by atoms with E-state index in [2.05, 4.69) is 4.90 Å². The molecule has 0 aromatic carbocycles. The number of aliphatic hydroxyl groups excluding tert-OH is 1. The Bertz CT molecular complexity index is 572. The molecule has 1 aromatic rings. The van der Waals surface area contributed by atoms with E-state index in [1.54, 1.807) is 0 Å². The molecule has 1 saturated carbocycles. The van der Waals surface area contributed by atoms with Crippen LogP contribution >= 0.6 is 0 Å². The van der Waals surface area contributed by atoms with Gasteiger partial charge in [-0.1, -0.05) is 12.8 Å². The first kappa shape index (κ1) is 16.6. The molecule has 2 rings (SSSR count). The molecule has 7 heteroatoms. The summed E-state index contributed by atoms with van der Waals surface area (Å²) < 4.78 is 1.37. The van der Waals surface area contributed by atoms with Gasteiger partial charge >= 0.3 is 0 Å². The number of nitro groups is 1. The van der Waals surface area contributed by atoms with E-state index in [0.717, 1.165) is 32.2 Å². The second-order valence-corrected chi connectivity index (χ2v) is 6.05. The van der Waals surface area contributed by atoms with Gasteiger partial charge in [0.2, 0.25) is 0 Å². The predicted molar refractivity (Wildman–Crippen MR) is 82.8 cm³/mol. The van der Waals surface area contributed by atoms with Crippen LogP contribution in [0.25, 0.3) is 0 Å². The van der Waals surface area contributed by atoms with Gasteiger partial charge in [0, 0.05) is 31.8 Å². The van der Waals surface area contributed by atoms with E-state index in [-0.39, 0.29) is 23.3 Å². The third-order valence-electron chi connectivity index (χ3n) is 4.32. The van der Waals surface area contributed by atoms with Gasteiger partial charge < -0.3 is 14.6 Å². The Labute approximate surface area is 129 Å². The second kappa shape index (κ2) is 7.51. The first-order valence-corrected chi connectivity index (χ1v) is 7.69. The van der Waals surface area contributed by atoms with Gasteiger partial charge in [-0.15, -0.1) is 0 Å². The number of likely N-dealkylation sites (N-methyl/N-ethyl adjacent to an activating group) is 1. The fourth-order valence-corrected chi connectivity index (χ4v) is 2.97. The maximum absolute atomic E-state index is 11.7. The average Bonchev–Trinajstić information content (AvgIpc) is 2.48. The number of aliphatic hydroxyl groups is 1. The zero-order chi connectivity index (χ0) is 16.1. The molecule has 122 valence electrons. The first-order chi connectivity index (χ1) is 10.5. The standard InChI is InChI=1S/C15H23N3O4/c1-16(10-12-4-2-3-5-14(12)19)8-9-17-11-13(18(21)22)6-7-15(17)20/h6-7,11-12,14,19H,2-5,8-10H2,1H3. The molecule has 2 atom stereocenters. The van der Waals surface area contributed by atoms with Crippen molar-refractivity contribution >= 4 is 5.69 Å². The van der Waals surface area contributed by atoms with Crippen molar-refractivity contribution in [2.24, 2.45) is 5.92 Å². The van der Waals surface area contributed by atoms with Gasteiger partial charge in [0.1, 0.15) is 0 Å². The van der Waals surface area contributed by atoms with Crippen LogP contribution in [0, 0.1) is 16.0 Å². The van der Waals surface area contributed by atoms with E-state index in [0.29, 0.717) is 13.1 Å². The molecular weight excluding hydrogens is 286 g/mol. The van der Waals surface area contributed by atoms with Crippen LogP contribution in [-0.4, -0.2) is 45.7 Å². The van der Waals surface area contributed by atoms with Crippen LogP contribution in [0.1, 0.15) is 25.7 Å². The highest BCUT2D eigenvalue weighted by molar-refractivity contribution is 5.24. The smallest absolute Gasteiger partial charge is 0.285 e. The van der Waals surface area contributed by atoms with Crippen LogP contribution in [0.15, 0.2) is 23.1 Å². The SMILES string of the molecule is CN(CCn1cc([N+](=O)[O-])ccc1=O)CC1CCCCC1O. The Morgan fingerprint density at radius 2 is 2.14 bits per heavy atom. The molecule has 0 aliphatic heterocycles. The minimum Gasteiger partial charge on any atom is -0.393 e. The third-order valence-corrected chi connectivity index (χ3v) is 4.32. The molecule has 0 spiro atoms. The summed E-state index contributed by atoms with van der Waals surface area (Å²) in [6.07, 6.45) is 5.18. The lowest BCUT2D eigenvalue weighted by Crippen LogP contribution is -2.37. The maximum Gasteiger partial charge on any atom is 0.285 e. The van der Waals surface area contributed by atoms with E-state index in [4.69, 9.17) is 0 Å². The third kappa shape index (κ3) is 4.38. The molecule has 1 aliphatic carbocycles. The molecule has 1 heterocycles. The zero-order valence-electron chi connectivity index (χ0n) is 12.9. The Morgan fingerprint density at radius 3 is 2.82 bits per heavy atom. The fourth-order valence-electron chi connectivity index (χ4n) is 2.97. The Hall–Kier alpha value is -1.73. The normalized spacial score (nSPS) is 22.0. The minimum atomic E-state index is -0.502. The lowest BCUT2D eigenvalue weighted by molar-refractivity contribution is -0.385.